The van der Waals surface area contributed by atoms with Crippen LogP contribution >= 0.6 is 0 Å². The number of rotatable bonds is 2. The van der Waals surface area contributed by atoms with Crippen LogP contribution in [0.5, 0.6) is 0 Å². The van der Waals surface area contributed by atoms with Gasteiger partial charge in [-0.15, -0.1) is 0 Å². The van der Waals surface area contributed by atoms with E-state index in [0.717, 1.165) is 12.8 Å². The monoisotopic (exact) mass is 191 g/mol. The van der Waals surface area contributed by atoms with Crippen LogP contribution in [0.1, 0.15) is 12.8 Å². The summed E-state index contributed by atoms with van der Waals surface area (Å²) in [4.78, 5) is 0. The molecular weight excluding hydrogens is 176 g/mol. The van der Waals surface area contributed by atoms with Crippen molar-refractivity contribution in [2.45, 2.75) is 12.8 Å². The highest BCUT2D eigenvalue weighted by Gasteiger charge is 2.25. The van der Waals surface area contributed by atoms with Crippen molar-refractivity contribution < 1.29 is 8.42 Å². The summed E-state index contributed by atoms with van der Waals surface area (Å²) in [6.07, 6.45) is 3.86. The lowest BCUT2D eigenvalue weighted by Gasteiger charge is -2.28. The molecule has 0 saturated carbocycles. The first-order valence-corrected chi connectivity index (χ1v) is 5.44. The molecule has 0 aromatic carbocycles. The molecule has 0 N–H and O–H groups in total. The molecule has 5 heteroatoms. The summed E-state index contributed by atoms with van der Waals surface area (Å²) < 4.78 is 25.8. The lowest BCUT2D eigenvalue weighted by Crippen LogP contribution is -2.42. The Morgan fingerprint density at radius 2 is 1.75 bits per heavy atom. The quantitative estimate of drug-likeness (QED) is 0.621. The molecule has 0 atom stereocenters. The van der Waals surface area contributed by atoms with E-state index in [1.165, 1.54) is 8.61 Å². The van der Waals surface area contributed by atoms with Gasteiger partial charge in [0.25, 0.3) is 10.2 Å². The first-order chi connectivity index (χ1) is 5.55. The fourth-order valence-electron chi connectivity index (χ4n) is 1.19. The zero-order chi connectivity index (χ0) is 9.19. The Labute approximate surface area is 74.3 Å². The minimum absolute atomic E-state index is 0.626. The predicted octanol–water partition coefficient (Wildman–Crippen LogP) is 0.0929. The van der Waals surface area contributed by atoms with Crippen molar-refractivity contribution in [3.8, 4) is 0 Å². The van der Waals surface area contributed by atoms with Gasteiger partial charge in [0, 0.05) is 27.2 Å². The van der Waals surface area contributed by atoms with E-state index < -0.39 is 10.2 Å². The molecule has 71 valence electrons. The van der Waals surface area contributed by atoms with Gasteiger partial charge in [0.15, 0.2) is 0 Å². The Kier molecular flexibility index (Phi) is 3.09. The standard InChI is InChI=1S/C7H15N2O2S/c1-8(2)12(10,11)9-6-4-3-5-7-9/h3H,4-7H2,1-2H3. The molecule has 0 amide bonds. The average Bonchev–Trinajstić information content (AvgIpc) is 2.06. The maximum absolute atomic E-state index is 11.5. The van der Waals surface area contributed by atoms with Gasteiger partial charge in [-0.3, -0.25) is 0 Å². The Balaban J connectivity index is 2.67. The summed E-state index contributed by atoms with van der Waals surface area (Å²) in [6.45, 7) is 1.25. The molecule has 0 bridgehead atoms. The van der Waals surface area contributed by atoms with Crippen LogP contribution in [0.3, 0.4) is 0 Å². The molecule has 0 spiro atoms. The lowest BCUT2D eigenvalue weighted by molar-refractivity contribution is 0.354. The third kappa shape index (κ3) is 1.97. The van der Waals surface area contributed by atoms with Crippen molar-refractivity contribution in [2.24, 2.45) is 0 Å². The van der Waals surface area contributed by atoms with E-state index in [9.17, 15) is 8.42 Å². The zero-order valence-corrected chi connectivity index (χ0v) is 8.34. The highest BCUT2D eigenvalue weighted by Crippen LogP contribution is 2.13. The van der Waals surface area contributed by atoms with Gasteiger partial charge in [-0.05, 0) is 19.3 Å². The Bertz CT molecular complexity index is 230. The minimum atomic E-state index is -3.15. The van der Waals surface area contributed by atoms with Crippen LogP contribution in [0.15, 0.2) is 0 Å². The molecule has 0 unspecified atom stereocenters. The zero-order valence-electron chi connectivity index (χ0n) is 7.52. The molecule has 1 aliphatic heterocycles. The summed E-state index contributed by atoms with van der Waals surface area (Å²) >= 11 is 0. The molecule has 4 nitrogen and oxygen atoms in total. The van der Waals surface area contributed by atoms with E-state index in [-0.39, 0.29) is 0 Å². The molecule has 0 aliphatic carbocycles. The van der Waals surface area contributed by atoms with Gasteiger partial charge in [-0.25, -0.2) is 0 Å². The van der Waals surface area contributed by atoms with Gasteiger partial charge in [0.1, 0.15) is 0 Å². The van der Waals surface area contributed by atoms with Gasteiger partial charge < -0.3 is 0 Å². The normalized spacial score (nSPS) is 21.6. The van der Waals surface area contributed by atoms with E-state index in [2.05, 4.69) is 6.42 Å². The fraction of sp³-hybridized carbons (Fsp3) is 0.857. The molecule has 12 heavy (non-hydrogen) atoms. The van der Waals surface area contributed by atoms with Crippen molar-refractivity contribution in [3.63, 3.8) is 0 Å². The summed E-state index contributed by atoms with van der Waals surface area (Å²) in [7, 11) is -0.0270. The number of hydrogen-bond donors (Lipinski definition) is 0. The van der Waals surface area contributed by atoms with Crippen LogP contribution in [0.25, 0.3) is 0 Å². The molecule has 1 saturated heterocycles. The van der Waals surface area contributed by atoms with Crippen LogP contribution in [-0.4, -0.2) is 44.2 Å². The molecule has 1 radical (unpaired) electrons. The minimum Gasteiger partial charge on any atom is -0.195 e. The second-order valence-corrected chi connectivity index (χ2v) is 5.20. The summed E-state index contributed by atoms with van der Waals surface area (Å²) in [5.74, 6) is 0. The maximum Gasteiger partial charge on any atom is 0.281 e. The van der Waals surface area contributed by atoms with E-state index in [1.807, 2.05) is 0 Å². The molecule has 0 aromatic heterocycles. The van der Waals surface area contributed by atoms with Crippen LogP contribution in [-0.2, 0) is 10.2 Å². The molecule has 1 aliphatic rings. The maximum atomic E-state index is 11.5. The van der Waals surface area contributed by atoms with Gasteiger partial charge in [0.2, 0.25) is 0 Å². The Morgan fingerprint density at radius 3 is 2.17 bits per heavy atom. The highest BCUT2D eigenvalue weighted by atomic mass is 32.2. The topological polar surface area (TPSA) is 40.6 Å². The first-order valence-electron chi connectivity index (χ1n) is 4.04. The third-order valence-electron chi connectivity index (χ3n) is 1.95. The molecule has 1 fully saturated rings. The molecule has 1 heterocycles. The van der Waals surface area contributed by atoms with E-state index in [1.54, 1.807) is 14.1 Å². The second-order valence-electron chi connectivity index (χ2n) is 3.06. The lowest BCUT2D eigenvalue weighted by atomic mass is 10.2. The largest absolute Gasteiger partial charge is 0.281 e. The summed E-state index contributed by atoms with van der Waals surface area (Å²) in [5.41, 5.74) is 0. The van der Waals surface area contributed by atoms with E-state index >= 15 is 0 Å². The van der Waals surface area contributed by atoms with Crippen LogP contribution < -0.4 is 0 Å². The SMILES string of the molecule is CN(C)S(=O)(=O)N1CC[CH]CC1. The molecule has 1 rings (SSSR count). The average molecular weight is 191 g/mol. The van der Waals surface area contributed by atoms with E-state index in [0.29, 0.717) is 13.1 Å². The number of hydrogen-bond acceptors (Lipinski definition) is 2. The van der Waals surface area contributed by atoms with Crippen molar-refractivity contribution >= 4 is 10.2 Å². The second kappa shape index (κ2) is 3.72. The van der Waals surface area contributed by atoms with Gasteiger partial charge in [-0.2, -0.15) is 17.0 Å². The van der Waals surface area contributed by atoms with Gasteiger partial charge >= 0.3 is 0 Å². The Morgan fingerprint density at radius 1 is 1.25 bits per heavy atom. The van der Waals surface area contributed by atoms with Crippen molar-refractivity contribution in [3.05, 3.63) is 6.42 Å². The molecule has 0 aromatic rings. The third-order valence-corrected chi connectivity index (χ3v) is 3.89. The van der Waals surface area contributed by atoms with Gasteiger partial charge in [0.05, 0.1) is 0 Å². The molecular formula is C7H15N2O2S. The Hall–Kier alpha value is -0.130. The fourth-order valence-corrected chi connectivity index (χ4v) is 2.32. The number of nitrogens with zero attached hydrogens (tertiary/aromatic N) is 2. The predicted molar refractivity (Wildman–Crippen MR) is 47.7 cm³/mol. The van der Waals surface area contributed by atoms with E-state index in [4.69, 9.17) is 0 Å². The first kappa shape index (κ1) is 9.95. The van der Waals surface area contributed by atoms with Crippen LogP contribution in [0.2, 0.25) is 0 Å². The summed E-state index contributed by atoms with van der Waals surface area (Å²) in [6, 6.07) is 0. The van der Waals surface area contributed by atoms with Crippen molar-refractivity contribution in [1.82, 2.24) is 8.61 Å². The highest BCUT2D eigenvalue weighted by molar-refractivity contribution is 7.86. The van der Waals surface area contributed by atoms with Gasteiger partial charge in [-0.1, -0.05) is 0 Å². The van der Waals surface area contributed by atoms with Crippen LogP contribution in [0, 0.1) is 6.42 Å². The number of piperidine rings is 1. The van der Waals surface area contributed by atoms with Crippen molar-refractivity contribution in [2.75, 3.05) is 27.2 Å². The summed E-state index contributed by atoms with van der Waals surface area (Å²) in [5, 5.41) is 0. The van der Waals surface area contributed by atoms with Crippen LogP contribution in [0.4, 0.5) is 0 Å². The van der Waals surface area contributed by atoms with Crippen molar-refractivity contribution in [1.29, 1.82) is 0 Å². The smallest absolute Gasteiger partial charge is 0.195 e.